The van der Waals surface area contributed by atoms with E-state index in [1.807, 2.05) is 23.1 Å². The Hall–Kier alpha value is -2.13. The quantitative estimate of drug-likeness (QED) is 0.925. The maximum absolute atomic E-state index is 12.8. The van der Waals surface area contributed by atoms with Crippen molar-refractivity contribution in [1.82, 2.24) is 0 Å². The molecule has 22 heavy (non-hydrogen) atoms. The van der Waals surface area contributed by atoms with Crippen molar-refractivity contribution in [2.75, 3.05) is 11.4 Å². The minimum absolute atomic E-state index is 0.0115. The van der Waals surface area contributed by atoms with Crippen LogP contribution >= 0.6 is 0 Å². The van der Waals surface area contributed by atoms with Crippen molar-refractivity contribution in [3.8, 4) is 0 Å². The molecule has 0 radical (unpaired) electrons. The first kappa shape index (κ1) is 14.8. The van der Waals surface area contributed by atoms with Crippen LogP contribution in [0, 0.1) is 13.8 Å². The summed E-state index contributed by atoms with van der Waals surface area (Å²) in [5.41, 5.74) is 11.8. The molecule has 3 heteroatoms. The maximum atomic E-state index is 12.8. The standard InChI is InChI=1S/C19H22N2O/c1-13-7-8-14(2)16(9-13)11-19(22)21-12-17(20)10-15-5-3-4-6-18(15)21/h3-9,17H,10-12,20H2,1-2H3. The van der Waals surface area contributed by atoms with E-state index >= 15 is 0 Å². The van der Waals surface area contributed by atoms with Gasteiger partial charge in [-0.15, -0.1) is 0 Å². The molecule has 0 saturated carbocycles. The molecule has 1 amide bonds. The predicted molar refractivity (Wildman–Crippen MR) is 90.1 cm³/mol. The third-order valence-electron chi connectivity index (χ3n) is 4.33. The molecule has 114 valence electrons. The van der Waals surface area contributed by atoms with Crippen LogP contribution in [0.15, 0.2) is 42.5 Å². The molecular formula is C19H22N2O. The second-order valence-electron chi connectivity index (χ2n) is 6.20. The number of hydrogen-bond donors (Lipinski definition) is 1. The van der Waals surface area contributed by atoms with Gasteiger partial charge in [-0.3, -0.25) is 4.79 Å². The molecule has 1 atom stereocenters. The van der Waals surface area contributed by atoms with Crippen LogP contribution in [0.2, 0.25) is 0 Å². The van der Waals surface area contributed by atoms with Gasteiger partial charge < -0.3 is 10.6 Å². The summed E-state index contributed by atoms with van der Waals surface area (Å²) in [4.78, 5) is 14.7. The largest absolute Gasteiger partial charge is 0.326 e. The van der Waals surface area contributed by atoms with Crippen molar-refractivity contribution in [3.63, 3.8) is 0 Å². The second-order valence-corrected chi connectivity index (χ2v) is 6.20. The lowest BCUT2D eigenvalue weighted by molar-refractivity contribution is -0.118. The lowest BCUT2D eigenvalue weighted by atomic mass is 9.97. The zero-order valence-electron chi connectivity index (χ0n) is 13.2. The molecule has 2 aromatic carbocycles. The molecule has 0 saturated heterocycles. The lowest BCUT2D eigenvalue weighted by Gasteiger charge is -2.33. The van der Waals surface area contributed by atoms with Gasteiger partial charge in [0.1, 0.15) is 0 Å². The number of fused-ring (bicyclic) bond motifs is 1. The highest BCUT2D eigenvalue weighted by molar-refractivity contribution is 5.96. The van der Waals surface area contributed by atoms with E-state index in [-0.39, 0.29) is 11.9 Å². The van der Waals surface area contributed by atoms with E-state index in [1.165, 1.54) is 5.56 Å². The highest BCUT2D eigenvalue weighted by Gasteiger charge is 2.26. The van der Waals surface area contributed by atoms with Crippen LogP contribution in [0.25, 0.3) is 0 Å². The molecule has 2 aromatic rings. The summed E-state index contributed by atoms with van der Waals surface area (Å²) in [6.45, 7) is 4.71. The van der Waals surface area contributed by atoms with Crippen LogP contribution in [-0.2, 0) is 17.6 Å². The van der Waals surface area contributed by atoms with Crippen LogP contribution in [0.1, 0.15) is 22.3 Å². The molecule has 1 unspecified atom stereocenters. The monoisotopic (exact) mass is 294 g/mol. The fourth-order valence-electron chi connectivity index (χ4n) is 3.11. The number of benzene rings is 2. The van der Waals surface area contributed by atoms with Crippen molar-refractivity contribution in [2.45, 2.75) is 32.7 Å². The van der Waals surface area contributed by atoms with Gasteiger partial charge in [0.05, 0.1) is 6.42 Å². The number of carbonyl (C=O) groups excluding carboxylic acids is 1. The highest BCUT2D eigenvalue weighted by Crippen LogP contribution is 2.27. The number of hydrogen-bond acceptors (Lipinski definition) is 2. The minimum atomic E-state index is 0.0115. The molecule has 1 aliphatic rings. The summed E-state index contributed by atoms with van der Waals surface area (Å²) in [6.07, 6.45) is 1.26. The molecule has 1 aliphatic heterocycles. The number of aryl methyl sites for hydroxylation is 2. The smallest absolute Gasteiger partial charge is 0.231 e. The number of nitrogens with zero attached hydrogens (tertiary/aromatic N) is 1. The van der Waals surface area contributed by atoms with Crippen molar-refractivity contribution in [1.29, 1.82) is 0 Å². The summed E-state index contributed by atoms with van der Waals surface area (Å²) < 4.78 is 0. The molecule has 0 fully saturated rings. The van der Waals surface area contributed by atoms with Crippen LogP contribution in [0.5, 0.6) is 0 Å². The summed E-state index contributed by atoms with van der Waals surface area (Å²) in [6, 6.07) is 14.3. The number of amides is 1. The SMILES string of the molecule is Cc1ccc(C)c(CC(=O)N2CC(N)Cc3ccccc32)c1. The van der Waals surface area contributed by atoms with E-state index < -0.39 is 0 Å². The Morgan fingerprint density at radius 1 is 1.23 bits per heavy atom. The van der Waals surface area contributed by atoms with Gasteiger partial charge in [-0.25, -0.2) is 0 Å². The summed E-state index contributed by atoms with van der Waals surface area (Å²) in [7, 11) is 0. The van der Waals surface area contributed by atoms with E-state index in [4.69, 9.17) is 5.73 Å². The number of rotatable bonds is 2. The van der Waals surface area contributed by atoms with Gasteiger partial charge in [0, 0.05) is 18.3 Å². The highest BCUT2D eigenvalue weighted by atomic mass is 16.2. The van der Waals surface area contributed by atoms with E-state index in [1.54, 1.807) is 0 Å². The summed E-state index contributed by atoms with van der Waals surface area (Å²) in [5.74, 6) is 0.122. The Morgan fingerprint density at radius 2 is 2.00 bits per heavy atom. The number of nitrogens with two attached hydrogens (primary N) is 1. The Labute approximate surface area is 131 Å². The van der Waals surface area contributed by atoms with Crippen molar-refractivity contribution < 1.29 is 4.79 Å². The first-order chi connectivity index (χ1) is 10.5. The molecule has 0 spiro atoms. The fraction of sp³-hybridized carbons (Fsp3) is 0.316. The topological polar surface area (TPSA) is 46.3 Å². The average molecular weight is 294 g/mol. The van der Waals surface area contributed by atoms with Gasteiger partial charge in [0.15, 0.2) is 0 Å². The van der Waals surface area contributed by atoms with E-state index in [0.29, 0.717) is 13.0 Å². The number of anilines is 1. The van der Waals surface area contributed by atoms with Crippen molar-refractivity contribution in [2.24, 2.45) is 5.73 Å². The van der Waals surface area contributed by atoms with Crippen LogP contribution < -0.4 is 10.6 Å². The molecule has 0 aromatic heterocycles. The van der Waals surface area contributed by atoms with Crippen LogP contribution in [-0.4, -0.2) is 18.5 Å². The van der Waals surface area contributed by atoms with Gasteiger partial charge in [-0.1, -0.05) is 42.0 Å². The van der Waals surface area contributed by atoms with Crippen molar-refractivity contribution >= 4 is 11.6 Å². The Balaban J connectivity index is 1.88. The van der Waals surface area contributed by atoms with E-state index in [2.05, 4.69) is 38.1 Å². The van der Waals surface area contributed by atoms with Gasteiger partial charge >= 0.3 is 0 Å². The molecule has 3 nitrogen and oxygen atoms in total. The van der Waals surface area contributed by atoms with Crippen molar-refractivity contribution in [3.05, 3.63) is 64.7 Å². The van der Waals surface area contributed by atoms with Crippen LogP contribution in [0.3, 0.4) is 0 Å². The zero-order valence-corrected chi connectivity index (χ0v) is 13.2. The molecule has 2 N–H and O–H groups in total. The normalized spacial score (nSPS) is 17.2. The fourth-order valence-corrected chi connectivity index (χ4v) is 3.11. The Morgan fingerprint density at radius 3 is 2.82 bits per heavy atom. The molecular weight excluding hydrogens is 272 g/mol. The first-order valence-electron chi connectivity index (χ1n) is 7.74. The minimum Gasteiger partial charge on any atom is -0.326 e. The van der Waals surface area contributed by atoms with Crippen LogP contribution in [0.4, 0.5) is 5.69 Å². The Bertz CT molecular complexity index is 708. The maximum Gasteiger partial charge on any atom is 0.231 e. The average Bonchev–Trinajstić information content (AvgIpc) is 2.50. The first-order valence-corrected chi connectivity index (χ1v) is 7.74. The van der Waals surface area contributed by atoms with Gasteiger partial charge in [0.25, 0.3) is 0 Å². The molecule has 0 bridgehead atoms. The summed E-state index contributed by atoms with van der Waals surface area (Å²) in [5, 5.41) is 0. The van der Waals surface area contributed by atoms with E-state index in [0.717, 1.165) is 28.8 Å². The Kier molecular flexibility index (Phi) is 3.99. The van der Waals surface area contributed by atoms with Gasteiger partial charge in [-0.2, -0.15) is 0 Å². The lowest BCUT2D eigenvalue weighted by Crippen LogP contribution is -2.46. The second kappa shape index (κ2) is 5.93. The zero-order chi connectivity index (χ0) is 15.7. The van der Waals surface area contributed by atoms with E-state index in [9.17, 15) is 4.79 Å². The van der Waals surface area contributed by atoms with Gasteiger partial charge in [0.2, 0.25) is 5.91 Å². The molecule has 1 heterocycles. The third-order valence-corrected chi connectivity index (χ3v) is 4.33. The summed E-state index contributed by atoms with van der Waals surface area (Å²) >= 11 is 0. The van der Waals surface area contributed by atoms with Gasteiger partial charge in [-0.05, 0) is 43.0 Å². The number of para-hydroxylation sites is 1. The predicted octanol–water partition coefficient (Wildman–Crippen LogP) is 2.76. The molecule has 3 rings (SSSR count). The number of carbonyl (C=O) groups is 1. The molecule has 0 aliphatic carbocycles. The third kappa shape index (κ3) is 2.90.